The first kappa shape index (κ1) is 17.2. The van der Waals surface area contributed by atoms with Crippen molar-refractivity contribution >= 4 is 21.9 Å². The molecule has 0 radical (unpaired) electrons. The van der Waals surface area contributed by atoms with E-state index in [1.807, 2.05) is 54.6 Å². The smallest absolute Gasteiger partial charge is 0.360 e. The minimum atomic E-state index is -0.525. The lowest BCUT2D eigenvalue weighted by atomic mass is 10.2. The first-order chi connectivity index (χ1) is 12.2. The lowest BCUT2D eigenvalue weighted by Crippen LogP contribution is -2.09. The summed E-state index contributed by atoms with van der Waals surface area (Å²) in [6.07, 6.45) is 0. The largest absolute Gasteiger partial charge is 0.486 e. The first-order valence-corrected chi connectivity index (χ1v) is 8.57. The zero-order chi connectivity index (χ0) is 17.6. The maximum absolute atomic E-state index is 12.2. The van der Waals surface area contributed by atoms with Gasteiger partial charge in [-0.2, -0.15) is 0 Å². The van der Waals surface area contributed by atoms with Gasteiger partial charge in [-0.1, -0.05) is 34.1 Å². The third kappa shape index (κ3) is 4.28. The summed E-state index contributed by atoms with van der Waals surface area (Å²) in [5.74, 6) is 0.830. The Bertz CT molecular complexity index is 844. The normalized spacial score (nSPS) is 10.5. The van der Waals surface area contributed by atoms with Gasteiger partial charge in [-0.15, -0.1) is 0 Å². The Morgan fingerprint density at radius 2 is 1.84 bits per heavy atom. The maximum atomic E-state index is 12.2. The number of rotatable bonds is 6. The van der Waals surface area contributed by atoms with Crippen LogP contribution in [0, 0.1) is 0 Å². The summed E-state index contributed by atoms with van der Waals surface area (Å²) in [6.45, 7) is 2.09. The second-order valence-electron chi connectivity index (χ2n) is 5.12. The van der Waals surface area contributed by atoms with Crippen molar-refractivity contribution in [1.29, 1.82) is 0 Å². The molecule has 6 heteroatoms. The van der Waals surface area contributed by atoms with E-state index in [9.17, 15) is 4.79 Å². The Hall–Kier alpha value is -2.60. The second kappa shape index (κ2) is 7.98. The molecule has 128 valence electrons. The fourth-order valence-electron chi connectivity index (χ4n) is 2.19. The van der Waals surface area contributed by atoms with Crippen LogP contribution in [-0.2, 0) is 11.3 Å². The predicted molar refractivity (Wildman–Crippen MR) is 96.4 cm³/mol. The van der Waals surface area contributed by atoms with Crippen LogP contribution >= 0.6 is 15.9 Å². The third-order valence-electron chi connectivity index (χ3n) is 3.37. The highest BCUT2D eigenvalue weighted by Crippen LogP contribution is 2.24. The highest BCUT2D eigenvalue weighted by Gasteiger charge is 2.22. The van der Waals surface area contributed by atoms with Crippen molar-refractivity contribution in [3.8, 4) is 17.2 Å². The standard InChI is InChI=1S/C19H16BrNO4/c1-2-23-19(22)17-16(12-24-15-10-8-14(20)9-11-15)25-18(21-17)13-6-4-3-5-7-13/h3-11H,2,12H2,1H3. The fourth-order valence-corrected chi connectivity index (χ4v) is 2.46. The van der Waals surface area contributed by atoms with E-state index in [1.165, 1.54) is 0 Å². The number of carbonyl (C=O) groups excluding carboxylic acids is 1. The van der Waals surface area contributed by atoms with Crippen LogP contribution in [0.5, 0.6) is 5.75 Å². The molecule has 1 heterocycles. The van der Waals surface area contributed by atoms with E-state index in [0.717, 1.165) is 10.0 Å². The van der Waals surface area contributed by atoms with Crippen molar-refractivity contribution in [2.45, 2.75) is 13.5 Å². The number of hydrogen-bond acceptors (Lipinski definition) is 5. The zero-order valence-electron chi connectivity index (χ0n) is 13.6. The Morgan fingerprint density at radius 3 is 2.52 bits per heavy atom. The molecule has 0 fully saturated rings. The summed E-state index contributed by atoms with van der Waals surface area (Å²) in [5.41, 5.74) is 0.917. The Kier molecular flexibility index (Phi) is 5.50. The molecule has 0 aliphatic rings. The number of ether oxygens (including phenoxy) is 2. The van der Waals surface area contributed by atoms with Crippen LogP contribution in [0.4, 0.5) is 0 Å². The third-order valence-corrected chi connectivity index (χ3v) is 3.90. The van der Waals surface area contributed by atoms with E-state index < -0.39 is 5.97 Å². The molecule has 0 N–H and O–H groups in total. The summed E-state index contributed by atoms with van der Waals surface area (Å²) in [5, 5.41) is 0. The van der Waals surface area contributed by atoms with E-state index in [0.29, 0.717) is 17.4 Å². The van der Waals surface area contributed by atoms with Crippen LogP contribution in [0.25, 0.3) is 11.5 Å². The molecule has 3 aromatic rings. The molecule has 0 aliphatic heterocycles. The quantitative estimate of drug-likeness (QED) is 0.551. The molecular weight excluding hydrogens is 386 g/mol. The summed E-state index contributed by atoms with van der Waals surface area (Å²) >= 11 is 3.37. The van der Waals surface area contributed by atoms with Gasteiger partial charge in [-0.3, -0.25) is 0 Å². The van der Waals surface area contributed by atoms with E-state index in [1.54, 1.807) is 6.92 Å². The average Bonchev–Trinajstić information content (AvgIpc) is 3.07. The average molecular weight is 402 g/mol. The number of aromatic nitrogens is 1. The van der Waals surface area contributed by atoms with Crippen LogP contribution < -0.4 is 4.74 Å². The van der Waals surface area contributed by atoms with E-state index in [2.05, 4.69) is 20.9 Å². The lowest BCUT2D eigenvalue weighted by molar-refractivity contribution is 0.0515. The zero-order valence-corrected chi connectivity index (χ0v) is 15.2. The van der Waals surface area contributed by atoms with Crippen LogP contribution in [0.15, 0.2) is 63.5 Å². The Morgan fingerprint density at radius 1 is 1.12 bits per heavy atom. The molecule has 0 spiro atoms. The molecular formula is C19H16BrNO4. The van der Waals surface area contributed by atoms with Crippen molar-refractivity contribution in [3.63, 3.8) is 0 Å². The van der Waals surface area contributed by atoms with Gasteiger partial charge in [0.1, 0.15) is 12.4 Å². The molecule has 25 heavy (non-hydrogen) atoms. The first-order valence-electron chi connectivity index (χ1n) is 7.78. The fraction of sp³-hybridized carbons (Fsp3) is 0.158. The van der Waals surface area contributed by atoms with Gasteiger partial charge in [0.15, 0.2) is 11.5 Å². The molecule has 3 rings (SSSR count). The van der Waals surface area contributed by atoms with Crippen LogP contribution in [0.2, 0.25) is 0 Å². The minimum absolute atomic E-state index is 0.0790. The highest BCUT2D eigenvalue weighted by atomic mass is 79.9. The number of hydrogen-bond donors (Lipinski definition) is 0. The lowest BCUT2D eigenvalue weighted by Gasteiger charge is -2.05. The SMILES string of the molecule is CCOC(=O)c1nc(-c2ccccc2)oc1COc1ccc(Br)cc1. The topological polar surface area (TPSA) is 61.6 Å². The highest BCUT2D eigenvalue weighted by molar-refractivity contribution is 9.10. The molecule has 0 bridgehead atoms. The van der Waals surface area contributed by atoms with Gasteiger partial charge >= 0.3 is 5.97 Å². The molecule has 0 saturated heterocycles. The van der Waals surface area contributed by atoms with E-state index in [4.69, 9.17) is 13.9 Å². The number of halogens is 1. The van der Waals surface area contributed by atoms with Crippen molar-refractivity contribution < 1.29 is 18.7 Å². The van der Waals surface area contributed by atoms with Gasteiger partial charge in [-0.25, -0.2) is 9.78 Å². The molecule has 0 atom stereocenters. The van der Waals surface area contributed by atoms with Crippen molar-refractivity contribution in [1.82, 2.24) is 4.98 Å². The van der Waals surface area contributed by atoms with Crippen LogP contribution in [0.3, 0.4) is 0 Å². The summed E-state index contributed by atoms with van der Waals surface area (Å²) in [7, 11) is 0. The second-order valence-corrected chi connectivity index (χ2v) is 6.04. The van der Waals surface area contributed by atoms with Gasteiger partial charge in [0.25, 0.3) is 0 Å². The Labute approximate surface area is 153 Å². The number of oxazole rings is 1. The van der Waals surface area contributed by atoms with Gasteiger partial charge < -0.3 is 13.9 Å². The van der Waals surface area contributed by atoms with Crippen molar-refractivity contribution in [2.75, 3.05) is 6.61 Å². The number of nitrogens with zero attached hydrogens (tertiary/aromatic N) is 1. The maximum Gasteiger partial charge on any atom is 0.360 e. The minimum Gasteiger partial charge on any atom is -0.486 e. The van der Waals surface area contributed by atoms with E-state index in [-0.39, 0.29) is 18.9 Å². The molecule has 1 aromatic heterocycles. The van der Waals surface area contributed by atoms with Crippen LogP contribution in [0.1, 0.15) is 23.2 Å². The van der Waals surface area contributed by atoms with Gasteiger partial charge in [0.2, 0.25) is 5.89 Å². The summed E-state index contributed by atoms with van der Waals surface area (Å²) in [6, 6.07) is 16.8. The molecule has 0 aliphatic carbocycles. The molecule has 2 aromatic carbocycles. The molecule has 0 amide bonds. The number of esters is 1. The van der Waals surface area contributed by atoms with Crippen LogP contribution in [-0.4, -0.2) is 17.6 Å². The Balaban J connectivity index is 1.86. The molecule has 0 unspecified atom stereocenters. The van der Waals surface area contributed by atoms with Gasteiger partial charge in [-0.05, 0) is 43.3 Å². The predicted octanol–water partition coefficient (Wildman–Crippen LogP) is 4.86. The molecule has 5 nitrogen and oxygen atoms in total. The number of carbonyl (C=O) groups is 1. The van der Waals surface area contributed by atoms with Crippen molar-refractivity contribution in [2.24, 2.45) is 0 Å². The monoisotopic (exact) mass is 401 g/mol. The van der Waals surface area contributed by atoms with Gasteiger partial charge in [0.05, 0.1) is 6.61 Å². The number of benzene rings is 2. The van der Waals surface area contributed by atoms with Crippen molar-refractivity contribution in [3.05, 3.63) is 70.5 Å². The summed E-state index contributed by atoms with van der Waals surface area (Å²) < 4.78 is 17.5. The summed E-state index contributed by atoms with van der Waals surface area (Å²) in [4.78, 5) is 16.5. The van der Waals surface area contributed by atoms with Gasteiger partial charge in [0, 0.05) is 10.0 Å². The molecule has 0 saturated carbocycles. The van der Waals surface area contributed by atoms with E-state index >= 15 is 0 Å².